The summed E-state index contributed by atoms with van der Waals surface area (Å²) >= 11 is 0. The highest BCUT2D eigenvalue weighted by Gasteiger charge is 2.11. The van der Waals surface area contributed by atoms with Gasteiger partial charge in [0, 0.05) is 19.8 Å². The molecule has 17 heavy (non-hydrogen) atoms. The first kappa shape index (κ1) is 12.7. The average molecular weight is 235 g/mol. The number of primary amides is 1. The van der Waals surface area contributed by atoms with E-state index in [9.17, 15) is 9.59 Å². The molecule has 2 amide bonds. The first-order valence-electron chi connectivity index (χ1n) is 4.97. The molecule has 1 aromatic heterocycles. The van der Waals surface area contributed by atoms with Crippen molar-refractivity contribution in [2.75, 3.05) is 13.6 Å². The largest absolute Gasteiger partial charge is 0.366 e. The van der Waals surface area contributed by atoms with Crippen molar-refractivity contribution in [3.8, 4) is 6.07 Å². The Kier molecular flexibility index (Phi) is 4.22. The van der Waals surface area contributed by atoms with Crippen LogP contribution in [0.5, 0.6) is 0 Å². The van der Waals surface area contributed by atoms with Crippen LogP contribution in [0.25, 0.3) is 0 Å². The normalized spacial score (nSPS) is 9.65. The summed E-state index contributed by atoms with van der Waals surface area (Å²) in [4.78, 5) is 23.9. The number of likely N-dealkylation sites (N-methyl/N-ethyl adjacent to an activating group) is 1. The third-order valence-corrected chi connectivity index (χ3v) is 2.20. The second-order valence-corrected chi connectivity index (χ2v) is 3.51. The van der Waals surface area contributed by atoms with Crippen LogP contribution in [0.1, 0.15) is 16.8 Å². The number of hydrogen-bond donors (Lipinski definition) is 1. The van der Waals surface area contributed by atoms with E-state index in [0.29, 0.717) is 6.54 Å². The molecule has 0 saturated heterocycles. The van der Waals surface area contributed by atoms with Crippen molar-refractivity contribution >= 4 is 11.8 Å². The number of hydrogen-bond acceptors (Lipinski definition) is 4. The monoisotopic (exact) mass is 235 g/mol. The number of amides is 2. The molecule has 0 radical (unpaired) electrons. The Hall–Kier alpha value is -2.36. The third kappa shape index (κ3) is 3.61. The van der Waals surface area contributed by atoms with E-state index in [-0.39, 0.29) is 24.4 Å². The summed E-state index contributed by atoms with van der Waals surface area (Å²) < 4.78 is 1.34. The van der Waals surface area contributed by atoms with Crippen molar-refractivity contribution in [3.05, 3.63) is 18.0 Å². The highest BCUT2D eigenvalue weighted by molar-refractivity contribution is 5.92. The minimum absolute atomic E-state index is 0.0230. The van der Waals surface area contributed by atoms with Crippen molar-refractivity contribution in [1.29, 1.82) is 5.26 Å². The van der Waals surface area contributed by atoms with Crippen LogP contribution in [0.4, 0.5) is 0 Å². The summed E-state index contributed by atoms with van der Waals surface area (Å²) in [6.45, 7) is 0.397. The van der Waals surface area contributed by atoms with Crippen molar-refractivity contribution < 1.29 is 9.59 Å². The molecule has 90 valence electrons. The molecule has 0 aromatic carbocycles. The Morgan fingerprint density at radius 1 is 1.65 bits per heavy atom. The van der Waals surface area contributed by atoms with Gasteiger partial charge in [0.05, 0.1) is 24.3 Å². The van der Waals surface area contributed by atoms with Gasteiger partial charge in [0.1, 0.15) is 6.54 Å². The van der Waals surface area contributed by atoms with Crippen LogP contribution in [-0.2, 0) is 11.3 Å². The molecule has 0 aliphatic rings. The standard InChI is InChI=1S/C10H13N5O2/c1-14(4-2-3-11)9(16)7-15-6-8(5-13-15)10(12)17/h5-6H,2,4,7H2,1H3,(H2,12,17). The minimum Gasteiger partial charge on any atom is -0.366 e. The molecule has 2 N–H and O–H groups in total. The van der Waals surface area contributed by atoms with Gasteiger partial charge in [-0.1, -0.05) is 0 Å². The van der Waals surface area contributed by atoms with Crippen LogP contribution < -0.4 is 5.73 Å². The van der Waals surface area contributed by atoms with Crippen LogP contribution in [-0.4, -0.2) is 40.1 Å². The lowest BCUT2D eigenvalue weighted by molar-refractivity contribution is -0.130. The second-order valence-electron chi connectivity index (χ2n) is 3.51. The first-order valence-corrected chi connectivity index (χ1v) is 4.97. The van der Waals surface area contributed by atoms with Crippen LogP contribution in [0.3, 0.4) is 0 Å². The number of carbonyl (C=O) groups is 2. The molecule has 1 heterocycles. The zero-order chi connectivity index (χ0) is 12.8. The molecule has 0 aliphatic carbocycles. The zero-order valence-electron chi connectivity index (χ0n) is 9.46. The Morgan fingerprint density at radius 2 is 2.35 bits per heavy atom. The molecule has 7 nitrogen and oxygen atoms in total. The quantitative estimate of drug-likeness (QED) is 0.732. The number of aromatic nitrogens is 2. The molecule has 0 atom stereocenters. The highest BCUT2D eigenvalue weighted by Crippen LogP contribution is 1.98. The third-order valence-electron chi connectivity index (χ3n) is 2.20. The van der Waals surface area contributed by atoms with Crippen molar-refractivity contribution in [2.45, 2.75) is 13.0 Å². The van der Waals surface area contributed by atoms with Gasteiger partial charge in [0.2, 0.25) is 5.91 Å². The Bertz CT molecular complexity index is 460. The maximum atomic E-state index is 11.6. The minimum atomic E-state index is -0.582. The van der Waals surface area contributed by atoms with E-state index < -0.39 is 5.91 Å². The predicted octanol–water partition coefficient (Wildman–Crippen LogP) is -0.646. The highest BCUT2D eigenvalue weighted by atomic mass is 16.2. The molecule has 1 rings (SSSR count). The molecule has 0 aliphatic heterocycles. The lowest BCUT2D eigenvalue weighted by atomic mass is 10.3. The van der Waals surface area contributed by atoms with Gasteiger partial charge < -0.3 is 10.6 Å². The lowest BCUT2D eigenvalue weighted by Crippen LogP contribution is -2.31. The smallest absolute Gasteiger partial charge is 0.251 e. The van der Waals surface area contributed by atoms with Crippen LogP contribution in [0.2, 0.25) is 0 Å². The molecular formula is C10H13N5O2. The van der Waals surface area contributed by atoms with E-state index in [2.05, 4.69) is 5.10 Å². The Morgan fingerprint density at radius 3 is 2.88 bits per heavy atom. The van der Waals surface area contributed by atoms with Gasteiger partial charge in [-0.3, -0.25) is 14.3 Å². The van der Waals surface area contributed by atoms with Gasteiger partial charge in [0.15, 0.2) is 0 Å². The number of rotatable bonds is 5. The van der Waals surface area contributed by atoms with Gasteiger partial charge in [-0.2, -0.15) is 10.4 Å². The summed E-state index contributed by atoms with van der Waals surface area (Å²) in [7, 11) is 1.61. The molecule has 0 bridgehead atoms. The van der Waals surface area contributed by atoms with Crippen LogP contribution in [0, 0.1) is 11.3 Å². The Labute approximate surface area is 98.4 Å². The van der Waals surface area contributed by atoms with E-state index in [1.165, 1.54) is 22.0 Å². The van der Waals surface area contributed by atoms with E-state index in [1.807, 2.05) is 6.07 Å². The summed E-state index contributed by atoms with van der Waals surface area (Å²) in [5, 5.41) is 12.2. The molecule has 0 spiro atoms. The second kappa shape index (κ2) is 5.65. The molecule has 7 heteroatoms. The number of nitrogens with two attached hydrogens (primary N) is 1. The molecule has 0 unspecified atom stereocenters. The van der Waals surface area contributed by atoms with Crippen LogP contribution >= 0.6 is 0 Å². The van der Waals surface area contributed by atoms with Crippen LogP contribution in [0.15, 0.2) is 12.4 Å². The summed E-state index contributed by atoms with van der Waals surface area (Å²) in [5.74, 6) is -0.763. The first-order chi connectivity index (χ1) is 8.04. The van der Waals surface area contributed by atoms with E-state index in [0.717, 1.165) is 0 Å². The fraction of sp³-hybridized carbons (Fsp3) is 0.400. The zero-order valence-corrected chi connectivity index (χ0v) is 9.46. The fourth-order valence-electron chi connectivity index (χ4n) is 1.18. The SMILES string of the molecule is CN(CCC#N)C(=O)Cn1cc(C(N)=O)cn1. The topological polar surface area (TPSA) is 105 Å². The number of carbonyl (C=O) groups excluding carboxylic acids is 2. The van der Waals surface area contributed by atoms with Gasteiger partial charge in [-0.15, -0.1) is 0 Å². The van der Waals surface area contributed by atoms with Gasteiger partial charge in [0.25, 0.3) is 5.91 Å². The molecule has 0 saturated carbocycles. The van der Waals surface area contributed by atoms with Gasteiger partial charge in [-0.25, -0.2) is 0 Å². The van der Waals surface area contributed by atoms with Gasteiger partial charge in [-0.05, 0) is 0 Å². The lowest BCUT2D eigenvalue weighted by Gasteiger charge is -2.14. The van der Waals surface area contributed by atoms with Gasteiger partial charge >= 0.3 is 0 Å². The van der Waals surface area contributed by atoms with E-state index in [1.54, 1.807) is 7.05 Å². The molecule has 1 aromatic rings. The Balaban J connectivity index is 2.56. The van der Waals surface area contributed by atoms with Crippen molar-refractivity contribution in [2.24, 2.45) is 5.73 Å². The number of nitrogens with zero attached hydrogens (tertiary/aromatic N) is 4. The molecular weight excluding hydrogens is 222 g/mol. The average Bonchev–Trinajstić information content (AvgIpc) is 2.74. The predicted molar refractivity (Wildman–Crippen MR) is 58.6 cm³/mol. The van der Waals surface area contributed by atoms with E-state index in [4.69, 9.17) is 11.0 Å². The fourth-order valence-corrected chi connectivity index (χ4v) is 1.18. The molecule has 0 fully saturated rings. The summed E-state index contributed by atoms with van der Waals surface area (Å²) in [5.41, 5.74) is 5.32. The maximum Gasteiger partial charge on any atom is 0.251 e. The maximum absolute atomic E-state index is 11.6. The summed E-state index contributed by atoms with van der Waals surface area (Å²) in [6.07, 6.45) is 3.01. The summed E-state index contributed by atoms with van der Waals surface area (Å²) in [6, 6.07) is 1.96. The van der Waals surface area contributed by atoms with E-state index >= 15 is 0 Å². The number of nitriles is 1. The van der Waals surface area contributed by atoms with Crippen molar-refractivity contribution in [1.82, 2.24) is 14.7 Å². The van der Waals surface area contributed by atoms with Crippen molar-refractivity contribution in [3.63, 3.8) is 0 Å².